The fraction of sp³-hybridized carbons (Fsp3) is 0.318. The first kappa shape index (κ1) is 17.3. The maximum Gasteiger partial charge on any atom is 0.244 e. The molecule has 0 atom stereocenters. The van der Waals surface area contributed by atoms with E-state index >= 15 is 0 Å². The average molecular weight is 367 g/mol. The molecule has 1 aliphatic carbocycles. The Morgan fingerprint density at radius 1 is 1.15 bits per heavy atom. The van der Waals surface area contributed by atoms with E-state index in [1.807, 2.05) is 24.3 Å². The van der Waals surface area contributed by atoms with Crippen LogP contribution in [-0.4, -0.2) is 29.4 Å². The minimum Gasteiger partial charge on any atom is -0.351 e. The van der Waals surface area contributed by atoms with Crippen LogP contribution in [0.15, 0.2) is 60.7 Å². The Kier molecular flexibility index (Phi) is 4.84. The number of carbonyl (C=O) groups excluding carboxylic acids is 1. The maximum atomic E-state index is 12.2. The standard InChI is InChI=1S/C22H23ClN2O/c23-20-9-5-4-8-19(20)10-11-21(26)24-16-22-12-18(13-22)15-25(22)14-17-6-2-1-3-7-17/h1-11,18H,12-16H2,(H,24,26)/b11-10+. The van der Waals surface area contributed by atoms with E-state index in [0.717, 1.165) is 24.6 Å². The summed E-state index contributed by atoms with van der Waals surface area (Å²) in [4.78, 5) is 14.8. The Labute approximate surface area is 159 Å². The number of fused-ring (bicyclic) bond motifs is 1. The lowest BCUT2D eigenvalue weighted by Gasteiger charge is -2.42. The van der Waals surface area contributed by atoms with Crippen LogP contribution >= 0.6 is 11.6 Å². The zero-order chi connectivity index (χ0) is 18.0. The number of halogens is 1. The van der Waals surface area contributed by atoms with Gasteiger partial charge < -0.3 is 5.32 Å². The molecule has 2 aliphatic heterocycles. The van der Waals surface area contributed by atoms with Gasteiger partial charge in [-0.1, -0.05) is 60.1 Å². The first-order valence-corrected chi connectivity index (χ1v) is 9.52. The molecule has 3 fully saturated rings. The minimum atomic E-state index is -0.0608. The van der Waals surface area contributed by atoms with Gasteiger partial charge in [-0.2, -0.15) is 0 Å². The molecule has 2 saturated heterocycles. The lowest BCUT2D eigenvalue weighted by Crippen LogP contribution is -2.53. The van der Waals surface area contributed by atoms with Crippen LogP contribution in [0.1, 0.15) is 24.0 Å². The number of amides is 1. The van der Waals surface area contributed by atoms with Crippen molar-refractivity contribution in [3.63, 3.8) is 0 Å². The van der Waals surface area contributed by atoms with Gasteiger partial charge in [0, 0.05) is 36.3 Å². The summed E-state index contributed by atoms with van der Waals surface area (Å²) < 4.78 is 0. The highest BCUT2D eigenvalue weighted by Crippen LogP contribution is 2.50. The molecule has 1 saturated carbocycles. The quantitative estimate of drug-likeness (QED) is 0.779. The van der Waals surface area contributed by atoms with Gasteiger partial charge in [-0.15, -0.1) is 0 Å². The van der Waals surface area contributed by atoms with Crippen LogP contribution in [0.5, 0.6) is 0 Å². The molecular formula is C22H23ClN2O. The van der Waals surface area contributed by atoms with Gasteiger partial charge in [-0.25, -0.2) is 0 Å². The third-order valence-corrected chi connectivity index (χ3v) is 5.96. The predicted octanol–water partition coefficient (Wildman–Crippen LogP) is 4.13. The zero-order valence-corrected chi connectivity index (χ0v) is 15.5. The molecular weight excluding hydrogens is 344 g/mol. The Morgan fingerprint density at radius 3 is 2.65 bits per heavy atom. The van der Waals surface area contributed by atoms with E-state index in [9.17, 15) is 4.79 Å². The summed E-state index contributed by atoms with van der Waals surface area (Å²) in [7, 11) is 0. The van der Waals surface area contributed by atoms with Gasteiger partial charge in [0.1, 0.15) is 0 Å². The zero-order valence-electron chi connectivity index (χ0n) is 14.7. The summed E-state index contributed by atoms with van der Waals surface area (Å²) in [6.45, 7) is 2.81. The monoisotopic (exact) mass is 366 g/mol. The van der Waals surface area contributed by atoms with Crippen molar-refractivity contribution in [2.45, 2.75) is 24.9 Å². The lowest BCUT2D eigenvalue weighted by atomic mass is 9.73. The van der Waals surface area contributed by atoms with Gasteiger partial charge in [-0.05, 0) is 42.0 Å². The van der Waals surface area contributed by atoms with Crippen LogP contribution in [-0.2, 0) is 11.3 Å². The second-order valence-electron chi connectivity index (χ2n) is 7.44. The third kappa shape index (κ3) is 3.55. The molecule has 134 valence electrons. The van der Waals surface area contributed by atoms with E-state index in [0.29, 0.717) is 11.6 Å². The molecule has 26 heavy (non-hydrogen) atoms. The van der Waals surface area contributed by atoms with Crippen LogP contribution in [0.2, 0.25) is 5.02 Å². The van der Waals surface area contributed by atoms with Crippen molar-refractivity contribution in [3.05, 3.63) is 76.8 Å². The second-order valence-corrected chi connectivity index (χ2v) is 7.84. The van der Waals surface area contributed by atoms with E-state index in [1.54, 1.807) is 12.2 Å². The van der Waals surface area contributed by atoms with Gasteiger partial charge in [0.05, 0.1) is 0 Å². The number of nitrogens with zero attached hydrogens (tertiary/aromatic N) is 1. The molecule has 4 heteroatoms. The van der Waals surface area contributed by atoms with Crippen LogP contribution in [0, 0.1) is 5.92 Å². The molecule has 1 N–H and O–H groups in total. The van der Waals surface area contributed by atoms with E-state index in [-0.39, 0.29) is 11.4 Å². The van der Waals surface area contributed by atoms with Crippen LogP contribution < -0.4 is 5.32 Å². The van der Waals surface area contributed by atoms with Crippen molar-refractivity contribution >= 4 is 23.6 Å². The van der Waals surface area contributed by atoms with Crippen molar-refractivity contribution in [1.29, 1.82) is 0 Å². The van der Waals surface area contributed by atoms with E-state index in [2.05, 4.69) is 40.5 Å². The largest absolute Gasteiger partial charge is 0.351 e. The Hall–Kier alpha value is -2.10. The van der Waals surface area contributed by atoms with Crippen LogP contribution in [0.3, 0.4) is 0 Å². The Bertz CT molecular complexity index is 812. The summed E-state index contributed by atoms with van der Waals surface area (Å²) in [5.41, 5.74) is 2.33. The normalized spacial score (nSPS) is 24.6. The lowest BCUT2D eigenvalue weighted by molar-refractivity contribution is -0.117. The number of nitrogens with one attached hydrogen (secondary N) is 1. The molecule has 5 rings (SSSR count). The van der Waals surface area contributed by atoms with Crippen LogP contribution in [0.4, 0.5) is 0 Å². The molecule has 1 amide bonds. The van der Waals surface area contributed by atoms with E-state index in [4.69, 9.17) is 11.6 Å². The van der Waals surface area contributed by atoms with Crippen molar-refractivity contribution in [2.75, 3.05) is 13.1 Å². The molecule has 0 radical (unpaired) electrons. The molecule has 0 aromatic heterocycles. The van der Waals surface area contributed by atoms with Gasteiger partial charge >= 0.3 is 0 Å². The molecule has 3 nitrogen and oxygen atoms in total. The highest BCUT2D eigenvalue weighted by atomic mass is 35.5. The first-order chi connectivity index (χ1) is 12.6. The minimum absolute atomic E-state index is 0.0608. The number of rotatable bonds is 6. The molecule has 2 bridgehead atoms. The highest BCUT2D eigenvalue weighted by molar-refractivity contribution is 6.32. The predicted molar refractivity (Wildman–Crippen MR) is 106 cm³/mol. The first-order valence-electron chi connectivity index (χ1n) is 9.14. The molecule has 0 unspecified atom stereocenters. The molecule has 2 aromatic rings. The average Bonchev–Trinajstić information content (AvgIpc) is 3.14. The van der Waals surface area contributed by atoms with Gasteiger partial charge in [-0.3, -0.25) is 9.69 Å². The van der Waals surface area contributed by atoms with Crippen molar-refractivity contribution < 1.29 is 4.79 Å². The van der Waals surface area contributed by atoms with Gasteiger partial charge in [0.2, 0.25) is 5.91 Å². The molecule has 2 heterocycles. The molecule has 0 spiro atoms. The fourth-order valence-electron chi connectivity index (χ4n) is 4.29. The number of carbonyl (C=O) groups is 1. The van der Waals surface area contributed by atoms with Crippen LogP contribution in [0.25, 0.3) is 6.08 Å². The molecule has 3 aliphatic rings. The Morgan fingerprint density at radius 2 is 1.88 bits per heavy atom. The van der Waals surface area contributed by atoms with E-state index < -0.39 is 0 Å². The van der Waals surface area contributed by atoms with Crippen molar-refractivity contribution in [2.24, 2.45) is 5.92 Å². The van der Waals surface area contributed by atoms with E-state index in [1.165, 1.54) is 18.4 Å². The SMILES string of the molecule is O=C(/C=C/c1ccccc1Cl)NCC12CC(CN1Cc1ccccc1)C2. The summed E-state index contributed by atoms with van der Waals surface area (Å²) in [6.07, 6.45) is 5.72. The fourth-order valence-corrected chi connectivity index (χ4v) is 4.48. The summed E-state index contributed by atoms with van der Waals surface area (Å²) in [5.74, 6) is 0.726. The number of hydrogen-bond donors (Lipinski definition) is 1. The van der Waals surface area contributed by atoms with Crippen molar-refractivity contribution in [1.82, 2.24) is 10.2 Å². The summed E-state index contributed by atoms with van der Waals surface area (Å²) in [6, 6.07) is 18.1. The summed E-state index contributed by atoms with van der Waals surface area (Å²) in [5, 5.41) is 3.75. The number of benzene rings is 2. The highest BCUT2D eigenvalue weighted by Gasteiger charge is 2.55. The summed E-state index contributed by atoms with van der Waals surface area (Å²) >= 11 is 6.12. The maximum absolute atomic E-state index is 12.2. The van der Waals surface area contributed by atoms with Crippen molar-refractivity contribution in [3.8, 4) is 0 Å². The van der Waals surface area contributed by atoms with Gasteiger partial charge in [0.25, 0.3) is 0 Å². The topological polar surface area (TPSA) is 32.3 Å². The smallest absolute Gasteiger partial charge is 0.244 e. The molecule has 2 aromatic carbocycles. The Balaban J connectivity index is 1.35. The second kappa shape index (κ2) is 7.26. The van der Waals surface area contributed by atoms with Gasteiger partial charge in [0.15, 0.2) is 0 Å². The third-order valence-electron chi connectivity index (χ3n) is 5.61. The number of hydrogen-bond acceptors (Lipinski definition) is 2.